The maximum absolute atomic E-state index is 12.6. The zero-order valence-electron chi connectivity index (χ0n) is 16.2. The van der Waals surface area contributed by atoms with Crippen LogP contribution in [0.5, 0.6) is 0 Å². The highest BCUT2D eigenvalue weighted by atomic mass is 16.6. The first-order valence-electron chi connectivity index (χ1n) is 9.39. The van der Waals surface area contributed by atoms with Crippen LogP contribution in [0.25, 0.3) is 0 Å². The molecule has 1 N–H and O–H groups in total. The number of alkyl carbamates (subject to hydrolysis) is 1. The number of likely N-dealkylation sites (tertiary alicyclic amines) is 1. The molecule has 0 radical (unpaired) electrons. The number of rotatable bonds is 3. The van der Waals surface area contributed by atoms with Gasteiger partial charge in [-0.3, -0.25) is 0 Å². The summed E-state index contributed by atoms with van der Waals surface area (Å²) in [5.41, 5.74) is -0.109. The van der Waals surface area contributed by atoms with Crippen molar-refractivity contribution in [1.29, 1.82) is 0 Å². The van der Waals surface area contributed by atoms with E-state index < -0.39 is 17.2 Å². The van der Waals surface area contributed by atoms with E-state index >= 15 is 0 Å². The first-order valence-corrected chi connectivity index (χ1v) is 9.39. The fourth-order valence-corrected chi connectivity index (χ4v) is 3.71. The van der Waals surface area contributed by atoms with Crippen LogP contribution in [0.1, 0.15) is 39.2 Å². The number of benzene rings is 1. The summed E-state index contributed by atoms with van der Waals surface area (Å²) >= 11 is 0. The molecular weight excluding hydrogens is 344 g/mol. The average Bonchev–Trinajstić information content (AvgIpc) is 2.98. The molecule has 0 bridgehead atoms. The Kier molecular flexibility index (Phi) is 5.44. The second kappa shape index (κ2) is 7.62. The van der Waals surface area contributed by atoms with Crippen LogP contribution < -0.4 is 5.32 Å². The van der Waals surface area contributed by atoms with Crippen molar-refractivity contribution in [3.8, 4) is 0 Å². The molecule has 6 heteroatoms. The summed E-state index contributed by atoms with van der Waals surface area (Å²) in [6.07, 6.45) is 4.88. The van der Waals surface area contributed by atoms with Gasteiger partial charge in [-0.1, -0.05) is 42.5 Å². The topological polar surface area (TPSA) is 67.9 Å². The van der Waals surface area contributed by atoms with Gasteiger partial charge >= 0.3 is 12.2 Å². The maximum atomic E-state index is 12.6. The number of fused-ring (bicyclic) bond motifs is 1. The van der Waals surface area contributed by atoms with Crippen LogP contribution in [0.4, 0.5) is 9.59 Å². The van der Waals surface area contributed by atoms with E-state index in [1.807, 2.05) is 51.1 Å². The molecular formula is C21H28N2O4. The molecule has 2 atom stereocenters. The van der Waals surface area contributed by atoms with E-state index in [4.69, 9.17) is 9.47 Å². The van der Waals surface area contributed by atoms with Gasteiger partial charge < -0.3 is 19.7 Å². The van der Waals surface area contributed by atoms with E-state index in [-0.39, 0.29) is 18.6 Å². The summed E-state index contributed by atoms with van der Waals surface area (Å²) in [7, 11) is 0. The summed E-state index contributed by atoms with van der Waals surface area (Å²) in [4.78, 5) is 26.6. The highest BCUT2D eigenvalue weighted by molar-refractivity contribution is 5.71. The molecule has 2 aliphatic rings. The Morgan fingerprint density at radius 2 is 1.96 bits per heavy atom. The number of hydrogen-bond acceptors (Lipinski definition) is 4. The van der Waals surface area contributed by atoms with Gasteiger partial charge in [0, 0.05) is 19.0 Å². The Hall–Kier alpha value is -2.50. The number of nitrogens with one attached hydrogen (secondary N) is 1. The second-order valence-corrected chi connectivity index (χ2v) is 8.31. The predicted octanol–water partition coefficient (Wildman–Crippen LogP) is 3.87. The molecule has 1 aliphatic heterocycles. The van der Waals surface area contributed by atoms with E-state index in [0.29, 0.717) is 19.5 Å². The van der Waals surface area contributed by atoms with Gasteiger partial charge in [-0.2, -0.15) is 0 Å². The van der Waals surface area contributed by atoms with Gasteiger partial charge in [0.2, 0.25) is 0 Å². The van der Waals surface area contributed by atoms with Gasteiger partial charge in [-0.25, -0.2) is 9.59 Å². The Balaban J connectivity index is 1.63. The molecule has 2 amide bonds. The van der Waals surface area contributed by atoms with Crippen LogP contribution in [0.2, 0.25) is 0 Å². The van der Waals surface area contributed by atoms with E-state index in [0.717, 1.165) is 12.0 Å². The normalized spacial score (nSPS) is 24.3. The summed E-state index contributed by atoms with van der Waals surface area (Å²) in [5.74, 6) is 0.152. The van der Waals surface area contributed by atoms with Crippen molar-refractivity contribution in [2.24, 2.45) is 5.92 Å². The van der Waals surface area contributed by atoms with E-state index in [1.54, 1.807) is 4.90 Å². The number of allylic oxidation sites excluding steroid dienone is 1. The third-order valence-electron chi connectivity index (χ3n) is 4.98. The van der Waals surface area contributed by atoms with Gasteiger partial charge in [-0.15, -0.1) is 0 Å². The maximum Gasteiger partial charge on any atom is 0.410 e. The first-order chi connectivity index (χ1) is 12.8. The zero-order chi connectivity index (χ0) is 19.5. The van der Waals surface area contributed by atoms with E-state index in [9.17, 15) is 9.59 Å². The summed E-state index contributed by atoms with van der Waals surface area (Å²) in [6.45, 7) is 6.74. The molecule has 27 heavy (non-hydrogen) atoms. The lowest BCUT2D eigenvalue weighted by molar-refractivity contribution is 0.0426. The summed E-state index contributed by atoms with van der Waals surface area (Å²) < 4.78 is 10.9. The Labute approximate surface area is 160 Å². The highest BCUT2D eigenvalue weighted by Gasteiger charge is 2.49. The SMILES string of the molecule is CC(C)(C)OC(=O)N[C@@]12CC=CC[C@H]1CN(C(=O)OCc1ccccc1)C2. The minimum Gasteiger partial charge on any atom is -0.445 e. The monoisotopic (exact) mass is 372 g/mol. The average molecular weight is 372 g/mol. The minimum absolute atomic E-state index is 0.152. The molecule has 1 fully saturated rings. The molecule has 146 valence electrons. The molecule has 1 aliphatic carbocycles. The molecule has 1 aromatic rings. The predicted molar refractivity (Wildman–Crippen MR) is 102 cm³/mol. The number of ether oxygens (including phenoxy) is 2. The molecule has 6 nitrogen and oxygen atoms in total. The van der Waals surface area contributed by atoms with E-state index in [1.165, 1.54) is 0 Å². The van der Waals surface area contributed by atoms with Gasteiger partial charge in [0.05, 0.1) is 5.54 Å². The van der Waals surface area contributed by atoms with Crippen molar-refractivity contribution in [2.75, 3.05) is 13.1 Å². The van der Waals surface area contributed by atoms with Gasteiger partial charge in [-0.05, 0) is 39.2 Å². The summed E-state index contributed by atoms with van der Waals surface area (Å²) in [6, 6.07) is 9.60. The van der Waals surface area contributed by atoms with Crippen LogP contribution in [-0.4, -0.2) is 41.3 Å². The van der Waals surface area contributed by atoms with Gasteiger partial charge in [0.15, 0.2) is 0 Å². The number of amides is 2. The molecule has 1 saturated heterocycles. The van der Waals surface area contributed by atoms with Crippen LogP contribution in [0.15, 0.2) is 42.5 Å². The largest absolute Gasteiger partial charge is 0.445 e. The van der Waals surface area contributed by atoms with Crippen LogP contribution in [0, 0.1) is 5.92 Å². The van der Waals surface area contributed by atoms with Gasteiger partial charge in [0.1, 0.15) is 12.2 Å². The lowest BCUT2D eigenvalue weighted by Crippen LogP contribution is -2.56. The van der Waals surface area contributed by atoms with Crippen molar-refractivity contribution in [2.45, 2.75) is 51.4 Å². The number of carbonyl (C=O) groups is 2. The molecule has 0 aromatic heterocycles. The minimum atomic E-state index is -0.562. The van der Waals surface area contributed by atoms with Crippen molar-refractivity contribution < 1.29 is 19.1 Å². The molecule has 1 heterocycles. The fraction of sp³-hybridized carbons (Fsp3) is 0.524. The van der Waals surface area contributed by atoms with Crippen LogP contribution in [0.3, 0.4) is 0 Å². The molecule has 0 spiro atoms. The standard InChI is InChI=1S/C21H28N2O4/c1-20(2,3)27-18(24)22-21-12-8-7-11-17(21)13-23(15-21)19(25)26-14-16-9-5-4-6-10-16/h4-10,17H,11-15H2,1-3H3,(H,22,24)/t17-,21+/m0/s1. The van der Waals surface area contributed by atoms with Crippen LogP contribution in [-0.2, 0) is 16.1 Å². The van der Waals surface area contributed by atoms with Crippen molar-refractivity contribution in [3.63, 3.8) is 0 Å². The fourth-order valence-electron chi connectivity index (χ4n) is 3.71. The Morgan fingerprint density at radius 1 is 1.22 bits per heavy atom. The number of carbonyl (C=O) groups excluding carboxylic acids is 2. The smallest absolute Gasteiger partial charge is 0.410 e. The molecule has 1 aromatic carbocycles. The third-order valence-corrected chi connectivity index (χ3v) is 4.98. The Bertz CT molecular complexity index is 711. The number of hydrogen-bond donors (Lipinski definition) is 1. The molecule has 3 rings (SSSR count). The lowest BCUT2D eigenvalue weighted by Gasteiger charge is -2.37. The lowest BCUT2D eigenvalue weighted by atomic mass is 9.78. The third kappa shape index (κ3) is 4.81. The first kappa shape index (κ1) is 19.3. The number of nitrogens with zero attached hydrogens (tertiary/aromatic N) is 1. The molecule has 0 unspecified atom stereocenters. The van der Waals surface area contributed by atoms with Crippen LogP contribution >= 0.6 is 0 Å². The quantitative estimate of drug-likeness (QED) is 0.818. The van der Waals surface area contributed by atoms with Crippen molar-refractivity contribution in [1.82, 2.24) is 10.2 Å². The highest BCUT2D eigenvalue weighted by Crippen LogP contribution is 2.37. The second-order valence-electron chi connectivity index (χ2n) is 8.31. The Morgan fingerprint density at radius 3 is 2.67 bits per heavy atom. The van der Waals surface area contributed by atoms with E-state index in [2.05, 4.69) is 17.5 Å². The molecule has 0 saturated carbocycles. The summed E-state index contributed by atoms with van der Waals surface area (Å²) in [5, 5.41) is 3.05. The van der Waals surface area contributed by atoms with Crippen molar-refractivity contribution >= 4 is 12.2 Å². The zero-order valence-corrected chi connectivity index (χ0v) is 16.2. The van der Waals surface area contributed by atoms with Crippen molar-refractivity contribution in [3.05, 3.63) is 48.0 Å². The van der Waals surface area contributed by atoms with Gasteiger partial charge in [0.25, 0.3) is 0 Å².